The Morgan fingerprint density at radius 3 is 2.72 bits per heavy atom. The Balaban J connectivity index is 1.58. The quantitative estimate of drug-likeness (QED) is 0.419. The van der Waals surface area contributed by atoms with Crippen LogP contribution in [-0.4, -0.2) is 55.9 Å². The van der Waals surface area contributed by atoms with E-state index in [4.69, 9.17) is 16.3 Å². The molecular formula is C20H20ClN5O6. The van der Waals surface area contributed by atoms with Crippen molar-refractivity contribution in [3.63, 3.8) is 0 Å². The van der Waals surface area contributed by atoms with Crippen molar-refractivity contribution >= 4 is 46.4 Å². The van der Waals surface area contributed by atoms with Crippen LogP contribution in [0.15, 0.2) is 36.4 Å². The number of benzene rings is 2. The molecule has 1 heterocycles. The first-order valence-corrected chi connectivity index (χ1v) is 9.88. The molecule has 1 aliphatic rings. The molecule has 0 radical (unpaired) electrons. The van der Waals surface area contributed by atoms with Gasteiger partial charge in [0.25, 0.3) is 5.91 Å². The van der Waals surface area contributed by atoms with Gasteiger partial charge in [-0.05, 0) is 30.3 Å². The van der Waals surface area contributed by atoms with Crippen LogP contribution in [0.2, 0.25) is 5.02 Å². The van der Waals surface area contributed by atoms with E-state index in [-0.39, 0.29) is 36.0 Å². The van der Waals surface area contributed by atoms with E-state index in [0.29, 0.717) is 29.5 Å². The van der Waals surface area contributed by atoms with Crippen LogP contribution < -0.4 is 25.6 Å². The Hall–Kier alpha value is -3.86. The smallest absolute Gasteiger partial charge is 0.311 e. The van der Waals surface area contributed by atoms with Gasteiger partial charge in [0.1, 0.15) is 0 Å². The van der Waals surface area contributed by atoms with Crippen LogP contribution in [0.1, 0.15) is 10.4 Å². The number of carbonyl (C=O) groups excluding carboxylic acids is 3. The molecule has 1 saturated heterocycles. The van der Waals surface area contributed by atoms with E-state index in [9.17, 15) is 24.5 Å². The summed E-state index contributed by atoms with van der Waals surface area (Å²) in [6.07, 6.45) is 0. The number of nitrogens with one attached hydrogen (secondary N) is 3. The van der Waals surface area contributed by atoms with Crippen molar-refractivity contribution in [2.24, 2.45) is 0 Å². The number of ether oxygens (including phenoxy) is 1. The summed E-state index contributed by atoms with van der Waals surface area (Å²) in [5.41, 5.74) is 0.752. The molecule has 11 nitrogen and oxygen atoms in total. The van der Waals surface area contributed by atoms with Crippen molar-refractivity contribution in [2.75, 3.05) is 43.5 Å². The first-order valence-electron chi connectivity index (χ1n) is 9.50. The average molecular weight is 462 g/mol. The lowest BCUT2D eigenvalue weighted by Crippen LogP contribution is -2.47. The zero-order valence-corrected chi connectivity index (χ0v) is 17.8. The fourth-order valence-corrected chi connectivity index (χ4v) is 3.43. The first-order chi connectivity index (χ1) is 15.3. The van der Waals surface area contributed by atoms with Crippen molar-refractivity contribution in [3.8, 4) is 5.75 Å². The van der Waals surface area contributed by atoms with Gasteiger partial charge in [-0.1, -0.05) is 11.6 Å². The normalized spacial score (nSPS) is 13.2. The monoisotopic (exact) mass is 461 g/mol. The molecule has 0 aliphatic carbocycles. The van der Waals surface area contributed by atoms with Crippen LogP contribution in [0.4, 0.5) is 17.1 Å². The molecule has 1 aliphatic heterocycles. The van der Waals surface area contributed by atoms with Crippen molar-refractivity contribution in [1.29, 1.82) is 0 Å². The maximum absolute atomic E-state index is 12.3. The van der Waals surface area contributed by atoms with Gasteiger partial charge in [0.05, 0.1) is 35.8 Å². The van der Waals surface area contributed by atoms with E-state index in [1.807, 2.05) is 4.90 Å². The topological polar surface area (TPSA) is 143 Å². The number of hydrogen-bond donors (Lipinski definition) is 3. The second kappa shape index (κ2) is 9.96. The third kappa shape index (κ3) is 5.43. The number of nitrogens with zero attached hydrogens (tertiary/aromatic N) is 2. The predicted octanol–water partition coefficient (Wildman–Crippen LogP) is 1.56. The lowest BCUT2D eigenvalue weighted by Gasteiger charge is -2.29. The Morgan fingerprint density at radius 2 is 2.06 bits per heavy atom. The summed E-state index contributed by atoms with van der Waals surface area (Å²) in [6.45, 7) is 0.975. The van der Waals surface area contributed by atoms with E-state index in [1.165, 1.54) is 19.2 Å². The van der Waals surface area contributed by atoms with Crippen LogP contribution in [0.5, 0.6) is 5.75 Å². The lowest BCUT2D eigenvalue weighted by atomic mass is 10.1. The summed E-state index contributed by atoms with van der Waals surface area (Å²) in [5, 5.41) is 19.2. The Bertz CT molecular complexity index is 1080. The number of rotatable bonds is 7. The summed E-state index contributed by atoms with van der Waals surface area (Å²) in [4.78, 5) is 48.3. The van der Waals surface area contributed by atoms with E-state index in [1.54, 1.807) is 18.2 Å². The fourth-order valence-electron chi connectivity index (χ4n) is 3.13. The number of halogens is 1. The number of nitro groups is 1. The van der Waals surface area contributed by atoms with Gasteiger partial charge in [0, 0.05) is 30.4 Å². The highest BCUT2D eigenvalue weighted by Crippen LogP contribution is 2.29. The molecule has 0 aromatic heterocycles. The van der Waals surface area contributed by atoms with Crippen molar-refractivity contribution < 1.29 is 24.0 Å². The zero-order valence-electron chi connectivity index (χ0n) is 17.0. The summed E-state index contributed by atoms with van der Waals surface area (Å²) in [7, 11) is 1.29. The number of nitro benzene ring substituents is 1. The highest BCUT2D eigenvalue weighted by molar-refractivity contribution is 6.33. The van der Waals surface area contributed by atoms with Gasteiger partial charge in [-0.15, -0.1) is 0 Å². The molecule has 0 bridgehead atoms. The second-order valence-corrected chi connectivity index (χ2v) is 7.22. The van der Waals surface area contributed by atoms with E-state index in [2.05, 4.69) is 16.0 Å². The predicted molar refractivity (Wildman–Crippen MR) is 117 cm³/mol. The number of carbonyl (C=O) groups is 3. The van der Waals surface area contributed by atoms with E-state index >= 15 is 0 Å². The van der Waals surface area contributed by atoms with Gasteiger partial charge >= 0.3 is 5.69 Å². The SMILES string of the molecule is COc1ccc(C(=O)NCC(=O)Nc2ccc(N3CCNC(=O)C3)c(Cl)c2)cc1[N+](=O)[O-]. The summed E-state index contributed by atoms with van der Waals surface area (Å²) in [5.74, 6) is -1.23. The molecular weight excluding hydrogens is 442 g/mol. The number of anilines is 2. The molecule has 1 fully saturated rings. The maximum atomic E-state index is 12.3. The molecule has 2 aromatic rings. The minimum atomic E-state index is -0.661. The molecule has 0 spiro atoms. The Kier molecular flexibility index (Phi) is 7.11. The van der Waals surface area contributed by atoms with Gasteiger partial charge in [-0.2, -0.15) is 0 Å². The summed E-state index contributed by atoms with van der Waals surface area (Å²) < 4.78 is 4.90. The average Bonchev–Trinajstić information content (AvgIpc) is 2.77. The minimum Gasteiger partial charge on any atom is -0.490 e. The summed E-state index contributed by atoms with van der Waals surface area (Å²) >= 11 is 6.31. The standard InChI is InChI=1S/C20H20ClN5O6/c1-32-17-5-2-12(8-16(17)26(30)31)20(29)23-10-18(27)24-13-3-4-15(14(21)9-13)25-7-6-22-19(28)11-25/h2-5,8-9H,6-7,10-11H2,1H3,(H,22,28)(H,23,29)(H,24,27). The molecule has 0 atom stereocenters. The number of hydrogen-bond acceptors (Lipinski definition) is 7. The third-order valence-electron chi connectivity index (χ3n) is 4.66. The van der Waals surface area contributed by atoms with Crippen molar-refractivity contribution in [2.45, 2.75) is 0 Å². The summed E-state index contributed by atoms with van der Waals surface area (Å²) in [6, 6.07) is 8.63. The second-order valence-electron chi connectivity index (χ2n) is 6.81. The highest BCUT2D eigenvalue weighted by Gasteiger charge is 2.20. The molecule has 2 aromatic carbocycles. The molecule has 0 unspecified atom stereocenters. The largest absolute Gasteiger partial charge is 0.490 e. The molecule has 3 rings (SSSR count). The van der Waals surface area contributed by atoms with Gasteiger partial charge in [-0.3, -0.25) is 24.5 Å². The zero-order chi connectivity index (χ0) is 23.3. The molecule has 168 valence electrons. The first kappa shape index (κ1) is 22.8. The molecule has 3 amide bonds. The van der Waals surface area contributed by atoms with E-state index in [0.717, 1.165) is 6.07 Å². The van der Waals surface area contributed by atoms with Crippen LogP contribution in [0.25, 0.3) is 0 Å². The van der Waals surface area contributed by atoms with Crippen LogP contribution in [0, 0.1) is 10.1 Å². The molecule has 3 N–H and O–H groups in total. The fraction of sp³-hybridized carbons (Fsp3) is 0.250. The van der Waals surface area contributed by atoms with Gasteiger partial charge < -0.3 is 25.6 Å². The highest BCUT2D eigenvalue weighted by atomic mass is 35.5. The molecule has 12 heteroatoms. The van der Waals surface area contributed by atoms with Gasteiger partial charge in [-0.25, -0.2) is 0 Å². The van der Waals surface area contributed by atoms with Crippen LogP contribution in [-0.2, 0) is 9.59 Å². The van der Waals surface area contributed by atoms with Crippen molar-refractivity contribution in [1.82, 2.24) is 10.6 Å². The number of methoxy groups -OCH3 is 1. The third-order valence-corrected chi connectivity index (χ3v) is 4.96. The maximum Gasteiger partial charge on any atom is 0.311 e. The van der Waals surface area contributed by atoms with E-state index < -0.39 is 16.7 Å². The number of piperazine rings is 1. The van der Waals surface area contributed by atoms with Gasteiger partial charge in [0.2, 0.25) is 11.8 Å². The lowest BCUT2D eigenvalue weighted by molar-refractivity contribution is -0.385. The molecule has 0 saturated carbocycles. The van der Waals surface area contributed by atoms with Crippen LogP contribution in [0.3, 0.4) is 0 Å². The Morgan fingerprint density at radius 1 is 1.28 bits per heavy atom. The van der Waals surface area contributed by atoms with Crippen LogP contribution >= 0.6 is 11.6 Å². The molecule has 32 heavy (non-hydrogen) atoms. The Labute approximate surface area is 187 Å². The van der Waals surface area contributed by atoms with Crippen molar-refractivity contribution in [3.05, 3.63) is 57.1 Å². The number of amides is 3. The van der Waals surface area contributed by atoms with Gasteiger partial charge in [0.15, 0.2) is 5.75 Å². The minimum absolute atomic E-state index is 0.0169.